The standard InChI is InChI=1S/C27H30IN3O3/c1-17-13-18(2)15-23(14-17)34-26-24(19(3)29-27(33)25(26)28)16-30-9-11-31(12-10-30)22-7-5-21(6-8-22)20(4)32/h5-8,13-15H,9-12,16H2,1-4H3,(H,29,33). The van der Waals surface area contributed by atoms with E-state index in [9.17, 15) is 9.59 Å². The number of Topliss-reactive ketones (excluding diaryl/α,β-unsaturated/α-hetero) is 1. The van der Waals surface area contributed by atoms with Crippen LogP contribution in [0.15, 0.2) is 47.3 Å². The van der Waals surface area contributed by atoms with Crippen molar-refractivity contribution in [2.45, 2.75) is 34.2 Å². The Kier molecular flexibility index (Phi) is 7.42. The molecule has 0 atom stereocenters. The summed E-state index contributed by atoms with van der Waals surface area (Å²) in [7, 11) is 0. The Balaban J connectivity index is 1.51. The number of aromatic amines is 1. The number of halogens is 1. The number of benzene rings is 2. The van der Waals surface area contributed by atoms with Crippen LogP contribution in [0.25, 0.3) is 0 Å². The maximum absolute atomic E-state index is 12.5. The molecule has 0 unspecified atom stereocenters. The van der Waals surface area contributed by atoms with Gasteiger partial charge in [-0.05, 0) is 97.8 Å². The third-order valence-corrected chi connectivity index (χ3v) is 7.21. The van der Waals surface area contributed by atoms with Gasteiger partial charge in [0, 0.05) is 55.2 Å². The molecule has 1 N–H and O–H groups in total. The van der Waals surface area contributed by atoms with E-state index in [0.29, 0.717) is 15.9 Å². The van der Waals surface area contributed by atoms with Gasteiger partial charge in [-0.2, -0.15) is 0 Å². The predicted molar refractivity (Wildman–Crippen MR) is 144 cm³/mol. The number of nitrogens with zero attached hydrogens (tertiary/aromatic N) is 2. The second-order valence-electron chi connectivity index (χ2n) is 8.99. The van der Waals surface area contributed by atoms with E-state index in [4.69, 9.17) is 4.74 Å². The Labute approximate surface area is 214 Å². The van der Waals surface area contributed by atoms with Gasteiger partial charge in [-0.25, -0.2) is 0 Å². The molecule has 2 aromatic carbocycles. The molecule has 0 spiro atoms. The second-order valence-corrected chi connectivity index (χ2v) is 10.1. The number of hydrogen-bond acceptors (Lipinski definition) is 5. The van der Waals surface area contributed by atoms with Crippen LogP contribution in [0.1, 0.15) is 39.7 Å². The molecule has 4 rings (SSSR count). The summed E-state index contributed by atoms with van der Waals surface area (Å²) in [5.74, 6) is 1.48. The molecule has 3 aromatic rings. The summed E-state index contributed by atoms with van der Waals surface area (Å²) in [4.78, 5) is 31.8. The summed E-state index contributed by atoms with van der Waals surface area (Å²) in [5.41, 5.74) is 5.86. The molecule has 7 heteroatoms. The lowest BCUT2D eigenvalue weighted by atomic mass is 10.1. The first-order valence-corrected chi connectivity index (χ1v) is 12.5. The molecule has 34 heavy (non-hydrogen) atoms. The van der Waals surface area contributed by atoms with Crippen molar-refractivity contribution in [1.29, 1.82) is 0 Å². The normalized spacial score (nSPS) is 14.3. The molecule has 0 radical (unpaired) electrons. The van der Waals surface area contributed by atoms with Crippen LogP contribution in [0.3, 0.4) is 0 Å². The minimum atomic E-state index is -0.125. The number of carbonyl (C=O) groups excluding carboxylic acids is 1. The van der Waals surface area contributed by atoms with Crippen molar-refractivity contribution in [3.8, 4) is 11.5 Å². The fraction of sp³-hybridized carbons (Fsp3) is 0.333. The van der Waals surface area contributed by atoms with Gasteiger partial charge in [0.1, 0.15) is 9.32 Å². The number of aryl methyl sites for hydroxylation is 3. The predicted octanol–water partition coefficient (Wildman–Crippen LogP) is 5.22. The van der Waals surface area contributed by atoms with Crippen molar-refractivity contribution >= 4 is 34.1 Å². The molecular weight excluding hydrogens is 541 g/mol. The van der Waals surface area contributed by atoms with Gasteiger partial charge >= 0.3 is 0 Å². The molecule has 1 aromatic heterocycles. The van der Waals surface area contributed by atoms with Gasteiger partial charge in [0.25, 0.3) is 5.56 Å². The van der Waals surface area contributed by atoms with Crippen LogP contribution in [-0.2, 0) is 6.54 Å². The number of anilines is 1. The first kappa shape index (κ1) is 24.5. The highest BCUT2D eigenvalue weighted by Crippen LogP contribution is 2.32. The Bertz CT molecular complexity index is 1240. The fourth-order valence-electron chi connectivity index (χ4n) is 4.41. The summed E-state index contributed by atoms with van der Waals surface area (Å²) < 4.78 is 6.90. The zero-order chi connectivity index (χ0) is 24.4. The third kappa shape index (κ3) is 5.52. The Morgan fingerprint density at radius 3 is 2.21 bits per heavy atom. The summed E-state index contributed by atoms with van der Waals surface area (Å²) in [6.07, 6.45) is 0. The van der Waals surface area contributed by atoms with Gasteiger partial charge in [0.2, 0.25) is 0 Å². The molecule has 1 saturated heterocycles. The molecule has 0 aliphatic carbocycles. The fourth-order valence-corrected chi connectivity index (χ4v) is 4.98. The van der Waals surface area contributed by atoms with E-state index < -0.39 is 0 Å². The molecule has 178 valence electrons. The minimum absolute atomic E-state index is 0.0844. The molecule has 0 amide bonds. The summed E-state index contributed by atoms with van der Waals surface area (Å²) in [5, 5.41) is 0. The van der Waals surface area contributed by atoms with E-state index in [2.05, 4.69) is 43.4 Å². The van der Waals surface area contributed by atoms with Crippen LogP contribution in [0.2, 0.25) is 0 Å². The van der Waals surface area contributed by atoms with Crippen molar-refractivity contribution in [3.63, 3.8) is 0 Å². The van der Waals surface area contributed by atoms with Gasteiger partial charge in [0.15, 0.2) is 11.5 Å². The number of pyridine rings is 1. The SMILES string of the molecule is CC(=O)c1ccc(N2CCN(Cc3c(C)[nH]c(=O)c(I)c3Oc3cc(C)cc(C)c3)CC2)cc1. The highest BCUT2D eigenvalue weighted by molar-refractivity contribution is 14.1. The van der Waals surface area contributed by atoms with Crippen molar-refractivity contribution in [1.82, 2.24) is 9.88 Å². The first-order valence-electron chi connectivity index (χ1n) is 11.5. The first-order chi connectivity index (χ1) is 16.2. The molecule has 2 heterocycles. The van der Waals surface area contributed by atoms with E-state index in [1.54, 1.807) is 6.92 Å². The topological polar surface area (TPSA) is 65.6 Å². The van der Waals surface area contributed by atoms with Crippen LogP contribution in [0.4, 0.5) is 5.69 Å². The maximum atomic E-state index is 12.5. The number of nitrogens with one attached hydrogen (secondary N) is 1. The second kappa shape index (κ2) is 10.3. The number of ketones is 1. The van der Waals surface area contributed by atoms with E-state index in [0.717, 1.165) is 65.6 Å². The van der Waals surface area contributed by atoms with Crippen LogP contribution in [-0.4, -0.2) is 41.8 Å². The van der Waals surface area contributed by atoms with Crippen molar-refractivity contribution in [2.24, 2.45) is 0 Å². The number of carbonyl (C=O) groups is 1. The number of ether oxygens (including phenoxy) is 1. The molecule has 1 aliphatic rings. The van der Waals surface area contributed by atoms with Crippen LogP contribution in [0.5, 0.6) is 11.5 Å². The average Bonchev–Trinajstić information content (AvgIpc) is 2.79. The number of hydrogen-bond donors (Lipinski definition) is 1. The van der Waals surface area contributed by atoms with E-state index >= 15 is 0 Å². The largest absolute Gasteiger partial charge is 0.456 e. The van der Waals surface area contributed by atoms with Crippen molar-refractivity contribution in [2.75, 3.05) is 31.1 Å². The Hall–Kier alpha value is -2.65. The van der Waals surface area contributed by atoms with Gasteiger partial charge in [-0.15, -0.1) is 0 Å². The number of H-pyrrole nitrogens is 1. The van der Waals surface area contributed by atoms with Crippen molar-refractivity contribution < 1.29 is 9.53 Å². The van der Waals surface area contributed by atoms with Crippen LogP contribution >= 0.6 is 22.6 Å². The summed E-state index contributed by atoms with van der Waals surface area (Å²) in [6, 6.07) is 13.9. The zero-order valence-corrected chi connectivity index (χ0v) is 22.2. The van der Waals surface area contributed by atoms with E-state index in [1.165, 1.54) is 0 Å². The molecule has 0 saturated carbocycles. The molecular formula is C27H30IN3O3. The number of aromatic nitrogens is 1. The Morgan fingerprint density at radius 2 is 1.62 bits per heavy atom. The highest BCUT2D eigenvalue weighted by Gasteiger charge is 2.22. The van der Waals surface area contributed by atoms with Crippen LogP contribution < -0.4 is 15.2 Å². The minimum Gasteiger partial charge on any atom is -0.456 e. The quantitative estimate of drug-likeness (QED) is 0.325. The summed E-state index contributed by atoms with van der Waals surface area (Å²) in [6.45, 7) is 11.9. The molecule has 1 fully saturated rings. The third-order valence-electron chi connectivity index (χ3n) is 6.23. The van der Waals surface area contributed by atoms with Crippen LogP contribution in [0, 0.1) is 24.3 Å². The van der Waals surface area contributed by atoms with E-state index in [-0.39, 0.29) is 11.3 Å². The van der Waals surface area contributed by atoms with Gasteiger partial charge < -0.3 is 14.6 Å². The smallest absolute Gasteiger partial charge is 0.265 e. The monoisotopic (exact) mass is 571 g/mol. The van der Waals surface area contributed by atoms with E-state index in [1.807, 2.05) is 57.2 Å². The molecule has 6 nitrogen and oxygen atoms in total. The average molecular weight is 571 g/mol. The number of piperazine rings is 1. The van der Waals surface area contributed by atoms with Gasteiger partial charge in [-0.3, -0.25) is 14.5 Å². The lowest BCUT2D eigenvalue weighted by Gasteiger charge is -2.36. The lowest BCUT2D eigenvalue weighted by Crippen LogP contribution is -2.46. The number of rotatable bonds is 6. The van der Waals surface area contributed by atoms with Gasteiger partial charge in [0.05, 0.1) is 0 Å². The lowest BCUT2D eigenvalue weighted by molar-refractivity contribution is 0.101. The molecule has 1 aliphatic heterocycles. The highest BCUT2D eigenvalue weighted by atomic mass is 127. The van der Waals surface area contributed by atoms with Crippen molar-refractivity contribution in [3.05, 3.63) is 84.3 Å². The van der Waals surface area contributed by atoms with Gasteiger partial charge in [-0.1, -0.05) is 6.07 Å². The Morgan fingerprint density at radius 1 is 1.00 bits per heavy atom. The summed E-state index contributed by atoms with van der Waals surface area (Å²) >= 11 is 2.08. The molecule has 0 bridgehead atoms. The zero-order valence-electron chi connectivity index (χ0n) is 20.1. The maximum Gasteiger partial charge on any atom is 0.265 e.